The summed E-state index contributed by atoms with van der Waals surface area (Å²) in [6.45, 7) is 0.0757. The van der Waals surface area contributed by atoms with Crippen LogP contribution in [0.1, 0.15) is 0 Å². The lowest BCUT2D eigenvalue weighted by atomic mass is 10.2. The van der Waals surface area contributed by atoms with Gasteiger partial charge in [0.15, 0.2) is 0 Å². The number of nitrogens with zero attached hydrogens (tertiary/aromatic N) is 1. The second kappa shape index (κ2) is 7.84. The molecule has 2 N–H and O–H groups in total. The number of urea groups is 1. The number of carbonyl (C=O) groups is 2. The molecule has 0 fully saturated rings. The SMILES string of the molecule is CNC(=O)NC(=O)CN(C)c1ccc(Oc2ccccc2)cc1. The monoisotopic (exact) mass is 313 g/mol. The lowest BCUT2D eigenvalue weighted by Crippen LogP contribution is -2.42. The predicted molar refractivity (Wildman–Crippen MR) is 88.8 cm³/mol. The van der Waals surface area contributed by atoms with E-state index in [0.29, 0.717) is 5.75 Å². The number of amides is 3. The molecular weight excluding hydrogens is 294 g/mol. The van der Waals surface area contributed by atoms with Crippen LogP contribution in [0.4, 0.5) is 10.5 Å². The summed E-state index contributed by atoms with van der Waals surface area (Å²) < 4.78 is 5.71. The summed E-state index contributed by atoms with van der Waals surface area (Å²) in [5.41, 5.74) is 0.845. The van der Waals surface area contributed by atoms with Crippen LogP contribution in [0, 0.1) is 0 Å². The molecule has 120 valence electrons. The van der Waals surface area contributed by atoms with E-state index < -0.39 is 6.03 Å². The Morgan fingerprint density at radius 3 is 2.22 bits per heavy atom. The average molecular weight is 313 g/mol. The topological polar surface area (TPSA) is 70.7 Å². The van der Waals surface area contributed by atoms with Crippen molar-refractivity contribution in [2.24, 2.45) is 0 Å². The van der Waals surface area contributed by atoms with E-state index in [1.54, 1.807) is 11.9 Å². The smallest absolute Gasteiger partial charge is 0.321 e. The Labute approximate surface area is 135 Å². The standard InChI is InChI=1S/C17H19N3O3/c1-18-17(22)19-16(21)12-20(2)13-8-10-15(11-9-13)23-14-6-4-3-5-7-14/h3-11H,12H2,1-2H3,(H2,18,19,21,22). The van der Waals surface area contributed by atoms with E-state index >= 15 is 0 Å². The quantitative estimate of drug-likeness (QED) is 0.889. The van der Waals surface area contributed by atoms with Gasteiger partial charge in [0.2, 0.25) is 5.91 Å². The van der Waals surface area contributed by atoms with E-state index in [0.717, 1.165) is 11.4 Å². The Morgan fingerprint density at radius 1 is 1.00 bits per heavy atom. The van der Waals surface area contributed by atoms with Crippen molar-refractivity contribution in [3.8, 4) is 11.5 Å². The summed E-state index contributed by atoms with van der Waals surface area (Å²) in [4.78, 5) is 24.5. The van der Waals surface area contributed by atoms with Crippen LogP contribution in [-0.2, 0) is 4.79 Å². The zero-order chi connectivity index (χ0) is 16.7. The van der Waals surface area contributed by atoms with Crippen LogP contribution in [0.15, 0.2) is 54.6 Å². The summed E-state index contributed by atoms with van der Waals surface area (Å²) >= 11 is 0. The van der Waals surface area contributed by atoms with Gasteiger partial charge in [-0.2, -0.15) is 0 Å². The lowest BCUT2D eigenvalue weighted by molar-refractivity contribution is -0.118. The largest absolute Gasteiger partial charge is 0.457 e. The maximum absolute atomic E-state index is 11.7. The summed E-state index contributed by atoms with van der Waals surface area (Å²) in [6.07, 6.45) is 0. The molecule has 2 aromatic rings. The third kappa shape index (κ3) is 5.03. The molecule has 0 saturated carbocycles. The number of carbonyl (C=O) groups excluding carboxylic acids is 2. The van der Waals surface area contributed by atoms with E-state index in [-0.39, 0.29) is 12.5 Å². The van der Waals surface area contributed by atoms with Gasteiger partial charge in [0.05, 0.1) is 6.54 Å². The normalized spacial score (nSPS) is 9.83. The van der Waals surface area contributed by atoms with Gasteiger partial charge in [0.25, 0.3) is 0 Å². The highest BCUT2D eigenvalue weighted by Gasteiger charge is 2.10. The molecule has 0 heterocycles. The number of benzene rings is 2. The number of rotatable bonds is 5. The minimum absolute atomic E-state index is 0.0757. The lowest BCUT2D eigenvalue weighted by Gasteiger charge is -2.18. The van der Waals surface area contributed by atoms with Crippen LogP contribution in [0.3, 0.4) is 0 Å². The van der Waals surface area contributed by atoms with Gasteiger partial charge < -0.3 is 15.0 Å². The third-order valence-corrected chi connectivity index (χ3v) is 3.12. The molecule has 2 rings (SSSR count). The molecule has 3 amide bonds. The van der Waals surface area contributed by atoms with Gasteiger partial charge >= 0.3 is 6.03 Å². The van der Waals surface area contributed by atoms with Crippen LogP contribution in [0.2, 0.25) is 0 Å². The first kappa shape index (κ1) is 16.4. The molecule has 0 spiro atoms. The summed E-state index contributed by atoms with van der Waals surface area (Å²) in [7, 11) is 3.23. The molecule has 0 aliphatic carbocycles. The molecule has 0 unspecified atom stereocenters. The molecule has 0 radical (unpaired) electrons. The van der Waals surface area contributed by atoms with Gasteiger partial charge in [0, 0.05) is 19.8 Å². The Hall–Kier alpha value is -3.02. The van der Waals surface area contributed by atoms with Crippen molar-refractivity contribution in [3.05, 3.63) is 54.6 Å². The second-order valence-corrected chi connectivity index (χ2v) is 4.89. The second-order valence-electron chi connectivity index (χ2n) is 4.89. The number of nitrogens with one attached hydrogen (secondary N) is 2. The summed E-state index contributed by atoms with van der Waals surface area (Å²) in [5.74, 6) is 1.10. The number of likely N-dealkylation sites (N-methyl/N-ethyl adjacent to an activating group) is 1. The molecule has 0 saturated heterocycles. The molecule has 6 nitrogen and oxygen atoms in total. The highest BCUT2D eigenvalue weighted by Crippen LogP contribution is 2.23. The van der Waals surface area contributed by atoms with Gasteiger partial charge in [-0.25, -0.2) is 4.79 Å². The van der Waals surface area contributed by atoms with Crippen molar-refractivity contribution in [2.45, 2.75) is 0 Å². The van der Waals surface area contributed by atoms with Crippen molar-refractivity contribution < 1.29 is 14.3 Å². The highest BCUT2D eigenvalue weighted by molar-refractivity contribution is 5.96. The number of hydrogen-bond acceptors (Lipinski definition) is 4. The van der Waals surface area contributed by atoms with Gasteiger partial charge in [-0.3, -0.25) is 10.1 Å². The van der Waals surface area contributed by atoms with Crippen molar-refractivity contribution in [3.63, 3.8) is 0 Å². The molecule has 23 heavy (non-hydrogen) atoms. The van der Waals surface area contributed by atoms with E-state index in [1.165, 1.54) is 7.05 Å². The maximum atomic E-state index is 11.7. The van der Waals surface area contributed by atoms with E-state index in [1.807, 2.05) is 54.6 Å². The van der Waals surface area contributed by atoms with Crippen LogP contribution >= 0.6 is 0 Å². The van der Waals surface area contributed by atoms with E-state index in [4.69, 9.17) is 4.74 Å². The molecule has 6 heteroatoms. The van der Waals surface area contributed by atoms with Crippen LogP contribution < -0.4 is 20.3 Å². The first-order valence-corrected chi connectivity index (χ1v) is 7.14. The van der Waals surface area contributed by atoms with E-state index in [2.05, 4.69) is 10.6 Å². The Morgan fingerprint density at radius 2 is 1.61 bits per heavy atom. The molecule has 0 aliphatic rings. The highest BCUT2D eigenvalue weighted by atomic mass is 16.5. The Kier molecular flexibility index (Phi) is 5.57. The number of hydrogen-bond donors (Lipinski definition) is 2. The van der Waals surface area contributed by atoms with Gasteiger partial charge in [-0.1, -0.05) is 18.2 Å². The fraction of sp³-hybridized carbons (Fsp3) is 0.176. The summed E-state index contributed by atoms with van der Waals surface area (Å²) in [5, 5.41) is 4.55. The minimum atomic E-state index is -0.519. The fourth-order valence-electron chi connectivity index (χ4n) is 1.93. The van der Waals surface area contributed by atoms with Crippen LogP contribution in [0.25, 0.3) is 0 Å². The maximum Gasteiger partial charge on any atom is 0.321 e. The molecule has 2 aromatic carbocycles. The predicted octanol–water partition coefficient (Wildman–Crippen LogP) is 2.37. The van der Waals surface area contributed by atoms with Crippen molar-refractivity contribution in [1.29, 1.82) is 0 Å². The molecule has 0 aliphatic heterocycles. The fourth-order valence-corrected chi connectivity index (χ4v) is 1.93. The molecule has 0 atom stereocenters. The van der Waals surface area contributed by atoms with Gasteiger partial charge in [0.1, 0.15) is 11.5 Å². The van der Waals surface area contributed by atoms with Crippen LogP contribution in [0.5, 0.6) is 11.5 Å². The first-order chi connectivity index (χ1) is 11.1. The number of para-hydroxylation sites is 1. The molecule has 0 aromatic heterocycles. The zero-order valence-corrected chi connectivity index (χ0v) is 13.1. The number of imide groups is 1. The zero-order valence-electron chi connectivity index (χ0n) is 13.1. The molecular formula is C17H19N3O3. The Balaban J connectivity index is 1.93. The van der Waals surface area contributed by atoms with Gasteiger partial charge in [-0.05, 0) is 36.4 Å². The van der Waals surface area contributed by atoms with E-state index in [9.17, 15) is 9.59 Å². The Bertz CT molecular complexity index is 657. The average Bonchev–Trinajstić information content (AvgIpc) is 2.56. The van der Waals surface area contributed by atoms with Crippen molar-refractivity contribution >= 4 is 17.6 Å². The third-order valence-electron chi connectivity index (χ3n) is 3.12. The summed E-state index contributed by atoms with van der Waals surface area (Å²) in [6, 6.07) is 16.3. The molecule has 0 bridgehead atoms. The minimum Gasteiger partial charge on any atom is -0.457 e. The van der Waals surface area contributed by atoms with Gasteiger partial charge in [-0.15, -0.1) is 0 Å². The van der Waals surface area contributed by atoms with Crippen LogP contribution in [-0.4, -0.2) is 32.6 Å². The number of ether oxygens (including phenoxy) is 1. The number of anilines is 1. The van der Waals surface area contributed by atoms with Crippen molar-refractivity contribution in [2.75, 3.05) is 25.5 Å². The van der Waals surface area contributed by atoms with Crippen molar-refractivity contribution in [1.82, 2.24) is 10.6 Å². The first-order valence-electron chi connectivity index (χ1n) is 7.14.